The number of hydrogen-bond donors (Lipinski definition) is 1. The first-order chi connectivity index (χ1) is 9.73. The Kier molecular flexibility index (Phi) is 8.56. The Balaban J connectivity index is 2.52. The first kappa shape index (κ1) is 17.2. The van der Waals surface area contributed by atoms with Crippen LogP contribution < -0.4 is 5.32 Å². The fourth-order valence-corrected chi connectivity index (χ4v) is 2.64. The average Bonchev–Trinajstić information content (AvgIpc) is 2.49. The van der Waals surface area contributed by atoms with Gasteiger partial charge in [-0.15, -0.1) is 0 Å². The lowest BCUT2D eigenvalue weighted by Crippen LogP contribution is -2.35. The van der Waals surface area contributed by atoms with E-state index < -0.39 is 0 Å². The second-order valence-corrected chi connectivity index (χ2v) is 5.44. The standard InChI is InChI=1S/C18H32N2/c1-5-16-9-11-17(12-10-16)15-18(19-6-2)13-14-20(7-3)8-4/h9-12,18-19H,5-8,13-15H2,1-4H3. The van der Waals surface area contributed by atoms with Crippen LogP contribution in [0.2, 0.25) is 0 Å². The van der Waals surface area contributed by atoms with Crippen LogP contribution in [-0.4, -0.2) is 37.1 Å². The smallest absolute Gasteiger partial charge is 0.0119 e. The van der Waals surface area contributed by atoms with Crippen molar-refractivity contribution in [2.45, 2.75) is 53.0 Å². The van der Waals surface area contributed by atoms with E-state index in [0.29, 0.717) is 6.04 Å². The summed E-state index contributed by atoms with van der Waals surface area (Å²) in [5.41, 5.74) is 2.88. The highest BCUT2D eigenvalue weighted by molar-refractivity contribution is 5.23. The summed E-state index contributed by atoms with van der Waals surface area (Å²) in [4.78, 5) is 2.50. The van der Waals surface area contributed by atoms with Gasteiger partial charge in [-0.1, -0.05) is 52.0 Å². The number of nitrogens with zero attached hydrogens (tertiary/aromatic N) is 1. The molecule has 0 bridgehead atoms. The molecular weight excluding hydrogens is 244 g/mol. The van der Waals surface area contributed by atoms with E-state index in [0.717, 1.165) is 32.5 Å². The van der Waals surface area contributed by atoms with Crippen molar-refractivity contribution in [1.82, 2.24) is 10.2 Å². The highest BCUT2D eigenvalue weighted by atomic mass is 15.1. The largest absolute Gasteiger partial charge is 0.314 e. The summed E-state index contributed by atoms with van der Waals surface area (Å²) >= 11 is 0. The van der Waals surface area contributed by atoms with Crippen molar-refractivity contribution >= 4 is 0 Å². The Morgan fingerprint density at radius 1 is 0.950 bits per heavy atom. The molecule has 1 N–H and O–H groups in total. The van der Waals surface area contributed by atoms with E-state index in [1.807, 2.05) is 0 Å². The second-order valence-electron chi connectivity index (χ2n) is 5.44. The maximum atomic E-state index is 3.64. The number of benzene rings is 1. The molecule has 2 heteroatoms. The molecule has 0 aliphatic heterocycles. The SMILES string of the molecule is CCNC(CCN(CC)CC)Cc1ccc(CC)cc1. The maximum absolute atomic E-state index is 3.64. The number of hydrogen-bond acceptors (Lipinski definition) is 2. The minimum Gasteiger partial charge on any atom is -0.314 e. The van der Waals surface area contributed by atoms with Crippen LogP contribution in [-0.2, 0) is 12.8 Å². The molecule has 0 radical (unpaired) electrons. The van der Waals surface area contributed by atoms with Gasteiger partial charge in [0.2, 0.25) is 0 Å². The van der Waals surface area contributed by atoms with E-state index in [9.17, 15) is 0 Å². The Bertz CT molecular complexity index is 341. The van der Waals surface area contributed by atoms with Gasteiger partial charge >= 0.3 is 0 Å². The molecule has 1 aromatic carbocycles. The molecule has 0 amide bonds. The molecule has 0 aliphatic rings. The molecule has 0 aliphatic carbocycles. The Morgan fingerprint density at radius 2 is 1.55 bits per heavy atom. The first-order valence-corrected chi connectivity index (χ1v) is 8.26. The maximum Gasteiger partial charge on any atom is 0.0119 e. The molecule has 1 rings (SSSR count). The zero-order valence-corrected chi connectivity index (χ0v) is 13.8. The molecule has 0 aromatic heterocycles. The summed E-state index contributed by atoms with van der Waals surface area (Å²) in [6, 6.07) is 9.71. The van der Waals surface area contributed by atoms with Gasteiger partial charge in [0, 0.05) is 6.04 Å². The lowest BCUT2D eigenvalue weighted by molar-refractivity contribution is 0.281. The van der Waals surface area contributed by atoms with Crippen LogP contribution in [0.25, 0.3) is 0 Å². The van der Waals surface area contributed by atoms with Crippen LogP contribution in [0.1, 0.15) is 45.2 Å². The summed E-state index contributed by atoms with van der Waals surface area (Å²) < 4.78 is 0. The zero-order chi connectivity index (χ0) is 14.8. The van der Waals surface area contributed by atoms with Crippen LogP contribution in [0, 0.1) is 0 Å². The van der Waals surface area contributed by atoms with Gasteiger partial charge in [-0.2, -0.15) is 0 Å². The minimum absolute atomic E-state index is 0.591. The molecule has 0 spiro atoms. The minimum atomic E-state index is 0.591. The van der Waals surface area contributed by atoms with Gasteiger partial charge in [0.25, 0.3) is 0 Å². The van der Waals surface area contributed by atoms with Gasteiger partial charge in [-0.3, -0.25) is 0 Å². The van der Waals surface area contributed by atoms with E-state index in [1.54, 1.807) is 0 Å². The topological polar surface area (TPSA) is 15.3 Å². The molecule has 0 heterocycles. The van der Waals surface area contributed by atoms with Crippen molar-refractivity contribution < 1.29 is 0 Å². The van der Waals surface area contributed by atoms with Gasteiger partial charge in [0.1, 0.15) is 0 Å². The molecule has 0 saturated carbocycles. The summed E-state index contributed by atoms with van der Waals surface area (Å²) in [6.45, 7) is 13.4. The predicted octanol–water partition coefficient (Wildman–Crippen LogP) is 3.50. The van der Waals surface area contributed by atoms with Crippen LogP contribution in [0.15, 0.2) is 24.3 Å². The van der Waals surface area contributed by atoms with Gasteiger partial charge in [0.15, 0.2) is 0 Å². The molecule has 114 valence electrons. The third-order valence-electron chi connectivity index (χ3n) is 4.09. The molecule has 20 heavy (non-hydrogen) atoms. The molecule has 2 nitrogen and oxygen atoms in total. The van der Waals surface area contributed by atoms with Crippen molar-refractivity contribution in [2.24, 2.45) is 0 Å². The summed E-state index contributed by atoms with van der Waals surface area (Å²) in [5.74, 6) is 0. The third kappa shape index (κ3) is 6.06. The monoisotopic (exact) mass is 276 g/mol. The lowest BCUT2D eigenvalue weighted by atomic mass is 10.0. The quantitative estimate of drug-likeness (QED) is 0.703. The number of nitrogens with one attached hydrogen (secondary N) is 1. The summed E-state index contributed by atoms with van der Waals surface area (Å²) in [6.07, 6.45) is 3.49. The zero-order valence-electron chi connectivity index (χ0n) is 13.8. The molecule has 0 fully saturated rings. The van der Waals surface area contributed by atoms with Gasteiger partial charge in [-0.25, -0.2) is 0 Å². The summed E-state index contributed by atoms with van der Waals surface area (Å²) in [7, 11) is 0. The van der Waals surface area contributed by atoms with Crippen molar-refractivity contribution in [3.05, 3.63) is 35.4 Å². The van der Waals surface area contributed by atoms with Gasteiger partial charge in [0.05, 0.1) is 0 Å². The van der Waals surface area contributed by atoms with Crippen molar-refractivity contribution in [2.75, 3.05) is 26.2 Å². The van der Waals surface area contributed by atoms with Crippen LogP contribution in [0.4, 0.5) is 0 Å². The van der Waals surface area contributed by atoms with E-state index in [2.05, 4.69) is 62.2 Å². The molecular formula is C18H32N2. The molecule has 1 atom stereocenters. The Morgan fingerprint density at radius 3 is 2.05 bits per heavy atom. The third-order valence-corrected chi connectivity index (χ3v) is 4.09. The number of likely N-dealkylation sites (N-methyl/N-ethyl adjacent to an activating group) is 1. The van der Waals surface area contributed by atoms with Crippen LogP contribution in [0.5, 0.6) is 0 Å². The highest BCUT2D eigenvalue weighted by Crippen LogP contribution is 2.10. The van der Waals surface area contributed by atoms with Crippen molar-refractivity contribution in [3.63, 3.8) is 0 Å². The Labute approximate surface area is 125 Å². The molecule has 0 saturated heterocycles. The predicted molar refractivity (Wildman–Crippen MR) is 89.4 cm³/mol. The van der Waals surface area contributed by atoms with Gasteiger partial charge < -0.3 is 10.2 Å². The molecule has 1 unspecified atom stereocenters. The Hall–Kier alpha value is -0.860. The van der Waals surface area contributed by atoms with Crippen LogP contribution in [0.3, 0.4) is 0 Å². The van der Waals surface area contributed by atoms with Crippen molar-refractivity contribution in [1.29, 1.82) is 0 Å². The van der Waals surface area contributed by atoms with E-state index >= 15 is 0 Å². The normalized spacial score (nSPS) is 12.8. The fraction of sp³-hybridized carbons (Fsp3) is 0.667. The summed E-state index contributed by atoms with van der Waals surface area (Å²) in [5, 5.41) is 3.64. The lowest BCUT2D eigenvalue weighted by Gasteiger charge is -2.23. The van der Waals surface area contributed by atoms with E-state index in [-0.39, 0.29) is 0 Å². The number of aryl methyl sites for hydroxylation is 1. The second kappa shape index (κ2) is 9.95. The average molecular weight is 276 g/mol. The molecule has 1 aromatic rings. The van der Waals surface area contributed by atoms with Crippen molar-refractivity contribution in [3.8, 4) is 0 Å². The first-order valence-electron chi connectivity index (χ1n) is 8.26. The van der Waals surface area contributed by atoms with E-state index in [4.69, 9.17) is 0 Å². The fourth-order valence-electron chi connectivity index (χ4n) is 2.64. The van der Waals surface area contributed by atoms with Gasteiger partial charge in [-0.05, 0) is 56.6 Å². The highest BCUT2D eigenvalue weighted by Gasteiger charge is 2.10. The van der Waals surface area contributed by atoms with E-state index in [1.165, 1.54) is 24.1 Å². The van der Waals surface area contributed by atoms with Crippen LogP contribution >= 0.6 is 0 Å². The number of rotatable bonds is 10.